The van der Waals surface area contributed by atoms with Gasteiger partial charge in [0.15, 0.2) is 5.78 Å². The van der Waals surface area contributed by atoms with E-state index in [9.17, 15) is 13.6 Å². The number of hydrogen-bond donors (Lipinski definition) is 0. The fourth-order valence-electron chi connectivity index (χ4n) is 1.81. The molecule has 0 heterocycles. The predicted molar refractivity (Wildman–Crippen MR) is 75.2 cm³/mol. The number of ether oxygens (including phenoxy) is 1. The van der Waals surface area contributed by atoms with E-state index < -0.39 is 23.0 Å². The zero-order chi connectivity index (χ0) is 14.9. The van der Waals surface area contributed by atoms with Crippen LogP contribution in [0, 0.1) is 18.6 Å². The van der Waals surface area contributed by atoms with Crippen molar-refractivity contribution < 1.29 is 18.3 Å². The van der Waals surface area contributed by atoms with Crippen molar-refractivity contribution in [1.82, 2.24) is 0 Å². The van der Waals surface area contributed by atoms with Crippen molar-refractivity contribution in [3.8, 4) is 5.75 Å². The third-order valence-electron chi connectivity index (χ3n) is 2.90. The number of carbonyl (C=O) groups is 1. The van der Waals surface area contributed by atoms with E-state index in [-0.39, 0.29) is 11.3 Å². The van der Waals surface area contributed by atoms with Crippen LogP contribution in [0.25, 0.3) is 0 Å². The Bertz CT molecular complexity index is 661. The van der Waals surface area contributed by atoms with Crippen LogP contribution in [-0.4, -0.2) is 12.9 Å². The highest BCUT2D eigenvalue weighted by Gasteiger charge is 2.20. The first-order valence-corrected chi connectivity index (χ1v) is 6.57. The van der Waals surface area contributed by atoms with Crippen LogP contribution in [0.4, 0.5) is 8.78 Å². The number of carbonyl (C=O) groups excluding carboxylic acids is 1. The van der Waals surface area contributed by atoms with Crippen molar-refractivity contribution in [3.05, 3.63) is 63.1 Å². The Hall–Kier alpha value is -1.75. The summed E-state index contributed by atoms with van der Waals surface area (Å²) in [6, 6.07) is 6.74. The second-order valence-corrected chi connectivity index (χ2v) is 5.11. The predicted octanol–water partition coefficient (Wildman–Crippen LogP) is 4.28. The Labute approximate surface area is 123 Å². The standard InChI is InChI=1S/C15H11BrF2O2/c1-8-5-9(3-4-11(8)16)15(19)14-12(17)6-10(20-2)7-13(14)18/h3-7H,1-2H3. The third-order valence-corrected chi connectivity index (χ3v) is 3.79. The summed E-state index contributed by atoms with van der Waals surface area (Å²) >= 11 is 3.31. The first-order valence-electron chi connectivity index (χ1n) is 5.78. The lowest BCUT2D eigenvalue weighted by Gasteiger charge is -2.08. The molecule has 0 N–H and O–H groups in total. The highest BCUT2D eigenvalue weighted by Crippen LogP contribution is 2.24. The van der Waals surface area contributed by atoms with Gasteiger partial charge in [0.05, 0.1) is 12.7 Å². The van der Waals surface area contributed by atoms with Crippen LogP contribution in [0.2, 0.25) is 0 Å². The molecule has 2 aromatic rings. The van der Waals surface area contributed by atoms with E-state index in [2.05, 4.69) is 15.9 Å². The molecule has 5 heteroatoms. The summed E-state index contributed by atoms with van der Waals surface area (Å²) in [5.74, 6) is -2.54. The third kappa shape index (κ3) is 2.72. The van der Waals surface area contributed by atoms with Crippen LogP contribution in [0.1, 0.15) is 21.5 Å². The normalized spacial score (nSPS) is 10.4. The first-order chi connectivity index (χ1) is 9.43. The number of ketones is 1. The minimum absolute atomic E-state index is 0.0311. The van der Waals surface area contributed by atoms with E-state index in [4.69, 9.17) is 4.74 Å². The molecule has 104 valence electrons. The highest BCUT2D eigenvalue weighted by molar-refractivity contribution is 9.10. The van der Waals surface area contributed by atoms with Gasteiger partial charge in [-0.05, 0) is 30.7 Å². The molecule has 0 aromatic heterocycles. The van der Waals surface area contributed by atoms with Gasteiger partial charge in [-0.1, -0.05) is 15.9 Å². The highest BCUT2D eigenvalue weighted by atomic mass is 79.9. The topological polar surface area (TPSA) is 26.3 Å². The van der Waals surface area contributed by atoms with E-state index in [0.29, 0.717) is 0 Å². The molecular weight excluding hydrogens is 330 g/mol. The Morgan fingerprint density at radius 1 is 1.15 bits per heavy atom. The molecular formula is C15H11BrF2O2. The molecule has 0 aliphatic carbocycles. The summed E-state index contributed by atoms with van der Waals surface area (Å²) in [6.45, 7) is 1.79. The van der Waals surface area contributed by atoms with Crippen molar-refractivity contribution in [2.24, 2.45) is 0 Å². The fraction of sp³-hybridized carbons (Fsp3) is 0.133. The SMILES string of the molecule is COc1cc(F)c(C(=O)c2ccc(Br)c(C)c2)c(F)c1. The molecule has 2 rings (SSSR count). The molecule has 0 fully saturated rings. The Kier molecular flexibility index (Phi) is 4.18. The van der Waals surface area contributed by atoms with E-state index in [1.807, 2.05) is 0 Å². The van der Waals surface area contributed by atoms with E-state index in [1.54, 1.807) is 19.1 Å². The molecule has 0 saturated heterocycles. The molecule has 0 spiro atoms. The van der Waals surface area contributed by atoms with Crippen molar-refractivity contribution >= 4 is 21.7 Å². The molecule has 2 nitrogen and oxygen atoms in total. The lowest BCUT2D eigenvalue weighted by Crippen LogP contribution is -2.08. The van der Waals surface area contributed by atoms with Crippen molar-refractivity contribution in [1.29, 1.82) is 0 Å². The lowest BCUT2D eigenvalue weighted by atomic mass is 10.0. The van der Waals surface area contributed by atoms with Crippen molar-refractivity contribution in [2.45, 2.75) is 6.92 Å². The number of hydrogen-bond acceptors (Lipinski definition) is 2. The molecule has 0 atom stereocenters. The zero-order valence-electron chi connectivity index (χ0n) is 10.8. The average Bonchev–Trinajstić information content (AvgIpc) is 2.40. The maximum atomic E-state index is 13.9. The number of aryl methyl sites for hydroxylation is 1. The summed E-state index contributed by atoms with van der Waals surface area (Å²) in [7, 11) is 1.30. The largest absolute Gasteiger partial charge is 0.497 e. The van der Waals surface area contributed by atoms with Crippen LogP contribution in [0.5, 0.6) is 5.75 Å². The smallest absolute Gasteiger partial charge is 0.198 e. The molecule has 0 saturated carbocycles. The monoisotopic (exact) mass is 340 g/mol. The van der Waals surface area contributed by atoms with Gasteiger partial charge in [0.1, 0.15) is 17.4 Å². The number of rotatable bonds is 3. The molecule has 0 radical (unpaired) electrons. The van der Waals surface area contributed by atoms with E-state index in [0.717, 1.165) is 22.2 Å². The fourth-order valence-corrected chi connectivity index (χ4v) is 2.06. The van der Waals surface area contributed by atoms with Gasteiger partial charge in [-0.3, -0.25) is 4.79 Å². The molecule has 20 heavy (non-hydrogen) atoms. The number of methoxy groups -OCH3 is 1. The van der Waals surface area contributed by atoms with Crippen molar-refractivity contribution in [3.63, 3.8) is 0 Å². The first kappa shape index (κ1) is 14.7. The van der Waals surface area contributed by atoms with E-state index >= 15 is 0 Å². The molecule has 2 aromatic carbocycles. The summed E-state index contributed by atoms with van der Waals surface area (Å²) < 4.78 is 33.3. The van der Waals surface area contributed by atoms with Gasteiger partial charge < -0.3 is 4.74 Å². The van der Waals surface area contributed by atoms with Crippen LogP contribution in [0.3, 0.4) is 0 Å². The number of halogens is 3. The maximum absolute atomic E-state index is 13.9. The Morgan fingerprint density at radius 2 is 1.75 bits per heavy atom. The van der Waals surface area contributed by atoms with Crippen molar-refractivity contribution in [2.75, 3.05) is 7.11 Å². The van der Waals surface area contributed by atoms with Gasteiger partial charge in [-0.15, -0.1) is 0 Å². The summed E-state index contributed by atoms with van der Waals surface area (Å²) in [4.78, 5) is 12.2. The maximum Gasteiger partial charge on any atom is 0.198 e. The van der Waals surface area contributed by atoms with Crippen LogP contribution >= 0.6 is 15.9 Å². The van der Waals surface area contributed by atoms with Crippen LogP contribution in [0.15, 0.2) is 34.8 Å². The summed E-state index contributed by atoms with van der Waals surface area (Å²) in [5.41, 5.74) is 0.464. The molecule has 0 aliphatic rings. The second kappa shape index (κ2) is 5.71. The molecule has 0 unspecified atom stereocenters. The lowest BCUT2D eigenvalue weighted by molar-refractivity contribution is 0.103. The van der Waals surface area contributed by atoms with E-state index in [1.165, 1.54) is 13.2 Å². The second-order valence-electron chi connectivity index (χ2n) is 4.26. The van der Waals surface area contributed by atoms with Gasteiger partial charge in [0.25, 0.3) is 0 Å². The molecule has 0 aliphatic heterocycles. The average molecular weight is 341 g/mol. The van der Waals surface area contributed by atoms with Gasteiger partial charge >= 0.3 is 0 Å². The quantitative estimate of drug-likeness (QED) is 0.779. The van der Waals surface area contributed by atoms with Gasteiger partial charge in [-0.25, -0.2) is 8.78 Å². The number of benzene rings is 2. The Balaban J connectivity index is 2.50. The van der Waals surface area contributed by atoms with Crippen LogP contribution in [-0.2, 0) is 0 Å². The zero-order valence-corrected chi connectivity index (χ0v) is 12.4. The summed E-state index contributed by atoms with van der Waals surface area (Å²) in [6.07, 6.45) is 0. The van der Waals surface area contributed by atoms with Gasteiger partial charge in [0, 0.05) is 22.2 Å². The Morgan fingerprint density at radius 3 is 2.25 bits per heavy atom. The van der Waals surface area contributed by atoms with Gasteiger partial charge in [-0.2, -0.15) is 0 Å². The molecule has 0 amide bonds. The van der Waals surface area contributed by atoms with Crippen LogP contribution < -0.4 is 4.74 Å². The molecule has 0 bridgehead atoms. The van der Waals surface area contributed by atoms with Gasteiger partial charge in [0.2, 0.25) is 0 Å². The minimum atomic E-state index is -0.938. The summed E-state index contributed by atoms with van der Waals surface area (Å²) in [5, 5.41) is 0. The minimum Gasteiger partial charge on any atom is -0.497 e.